The Balaban J connectivity index is 2.04. The quantitative estimate of drug-likeness (QED) is 0.858. The molecule has 0 spiro atoms. The first-order valence-corrected chi connectivity index (χ1v) is 6.91. The topological polar surface area (TPSA) is 83.6 Å². The normalized spacial score (nSPS) is 15.0. The number of carboxylic acids is 1. The van der Waals surface area contributed by atoms with Crippen molar-refractivity contribution in [2.24, 2.45) is 5.73 Å². The van der Waals surface area contributed by atoms with E-state index in [0.717, 1.165) is 30.5 Å². The van der Waals surface area contributed by atoms with Gasteiger partial charge in [0.1, 0.15) is 0 Å². The highest BCUT2D eigenvalue weighted by atomic mass is 16.4. The number of aromatic carboxylic acids is 1. The van der Waals surface area contributed by atoms with Crippen molar-refractivity contribution in [3.05, 3.63) is 29.3 Å². The van der Waals surface area contributed by atoms with Crippen LogP contribution in [0.25, 0.3) is 0 Å². The second-order valence-corrected chi connectivity index (χ2v) is 5.31. The van der Waals surface area contributed by atoms with Gasteiger partial charge in [-0.25, -0.2) is 4.79 Å². The van der Waals surface area contributed by atoms with Crippen molar-refractivity contribution >= 4 is 17.6 Å². The van der Waals surface area contributed by atoms with Gasteiger partial charge in [-0.3, -0.25) is 4.79 Å². The number of hydrogen-bond donors (Lipinski definition) is 2. The van der Waals surface area contributed by atoms with Gasteiger partial charge in [-0.2, -0.15) is 0 Å². The van der Waals surface area contributed by atoms with E-state index in [0.29, 0.717) is 13.0 Å². The van der Waals surface area contributed by atoms with Crippen molar-refractivity contribution in [2.45, 2.75) is 38.6 Å². The molecule has 0 aromatic heterocycles. The molecule has 0 saturated heterocycles. The van der Waals surface area contributed by atoms with Gasteiger partial charge in [0.25, 0.3) is 0 Å². The van der Waals surface area contributed by atoms with E-state index in [1.807, 2.05) is 6.92 Å². The third-order valence-corrected chi connectivity index (χ3v) is 3.57. The van der Waals surface area contributed by atoms with Crippen LogP contribution in [0, 0.1) is 0 Å². The number of hydrogen-bond acceptors (Lipinski definition) is 3. The molecule has 0 aliphatic carbocycles. The van der Waals surface area contributed by atoms with Crippen LogP contribution in [-0.2, 0) is 11.2 Å². The lowest BCUT2D eigenvalue weighted by Crippen LogP contribution is -2.29. The van der Waals surface area contributed by atoms with Gasteiger partial charge < -0.3 is 15.7 Å². The predicted octanol–water partition coefficient (Wildman–Crippen LogP) is 1.79. The van der Waals surface area contributed by atoms with E-state index in [9.17, 15) is 9.59 Å². The van der Waals surface area contributed by atoms with Gasteiger partial charge in [-0.1, -0.05) is 0 Å². The second-order valence-electron chi connectivity index (χ2n) is 5.31. The summed E-state index contributed by atoms with van der Waals surface area (Å²) in [6.07, 6.45) is 2.83. The van der Waals surface area contributed by atoms with E-state index in [4.69, 9.17) is 10.8 Å². The first kappa shape index (κ1) is 14.5. The summed E-state index contributed by atoms with van der Waals surface area (Å²) in [7, 11) is 0. The third-order valence-electron chi connectivity index (χ3n) is 3.57. The molecule has 1 aromatic rings. The number of anilines is 1. The lowest BCUT2D eigenvalue weighted by atomic mass is 10.1. The van der Waals surface area contributed by atoms with Crippen LogP contribution in [0.4, 0.5) is 5.69 Å². The van der Waals surface area contributed by atoms with Crippen LogP contribution in [-0.4, -0.2) is 29.6 Å². The van der Waals surface area contributed by atoms with Crippen LogP contribution in [0.15, 0.2) is 18.2 Å². The standard InChI is InChI=1S/C15H20N2O3/c1-10(16)3-2-4-14(18)17-8-7-11-9-12(15(19)20)5-6-13(11)17/h5-6,9-10H,2-4,7-8,16H2,1H3,(H,19,20). The largest absolute Gasteiger partial charge is 0.478 e. The Morgan fingerprint density at radius 2 is 2.20 bits per heavy atom. The first-order chi connectivity index (χ1) is 9.49. The number of benzene rings is 1. The van der Waals surface area contributed by atoms with E-state index in [-0.39, 0.29) is 17.5 Å². The maximum atomic E-state index is 12.2. The summed E-state index contributed by atoms with van der Waals surface area (Å²) in [5.74, 6) is -0.845. The molecule has 0 saturated carbocycles. The third kappa shape index (κ3) is 3.17. The second kappa shape index (κ2) is 6.05. The van der Waals surface area contributed by atoms with E-state index in [1.54, 1.807) is 23.1 Å². The molecular weight excluding hydrogens is 256 g/mol. The summed E-state index contributed by atoms with van der Waals surface area (Å²) in [5, 5.41) is 8.97. The zero-order valence-electron chi connectivity index (χ0n) is 11.6. The summed E-state index contributed by atoms with van der Waals surface area (Å²) in [4.78, 5) is 24.9. The van der Waals surface area contributed by atoms with Crippen LogP contribution < -0.4 is 10.6 Å². The monoisotopic (exact) mass is 276 g/mol. The number of carbonyl (C=O) groups excluding carboxylic acids is 1. The predicted molar refractivity (Wildman–Crippen MR) is 77.0 cm³/mol. The fourth-order valence-corrected chi connectivity index (χ4v) is 2.50. The van der Waals surface area contributed by atoms with Crippen LogP contribution in [0.5, 0.6) is 0 Å². The minimum Gasteiger partial charge on any atom is -0.478 e. The molecule has 0 bridgehead atoms. The zero-order valence-corrected chi connectivity index (χ0v) is 11.6. The Morgan fingerprint density at radius 1 is 1.45 bits per heavy atom. The van der Waals surface area contributed by atoms with Crippen LogP contribution in [0.3, 0.4) is 0 Å². The first-order valence-electron chi connectivity index (χ1n) is 6.91. The van der Waals surface area contributed by atoms with Crippen molar-refractivity contribution in [3.63, 3.8) is 0 Å². The average Bonchev–Trinajstić information content (AvgIpc) is 2.80. The Bertz CT molecular complexity index is 526. The number of carbonyl (C=O) groups is 2. The fourth-order valence-electron chi connectivity index (χ4n) is 2.50. The van der Waals surface area contributed by atoms with Gasteiger partial charge in [0.2, 0.25) is 5.91 Å². The lowest BCUT2D eigenvalue weighted by molar-refractivity contribution is -0.118. The molecule has 3 N–H and O–H groups in total. The molecule has 2 rings (SSSR count). The van der Waals surface area contributed by atoms with Crippen molar-refractivity contribution in [3.8, 4) is 0 Å². The van der Waals surface area contributed by atoms with E-state index in [2.05, 4.69) is 0 Å². The number of amides is 1. The van der Waals surface area contributed by atoms with Crippen molar-refractivity contribution in [2.75, 3.05) is 11.4 Å². The van der Waals surface area contributed by atoms with E-state index < -0.39 is 5.97 Å². The van der Waals surface area contributed by atoms with Gasteiger partial charge in [-0.05, 0) is 49.9 Å². The summed E-state index contributed by atoms with van der Waals surface area (Å²) in [6, 6.07) is 5.06. The van der Waals surface area contributed by atoms with Gasteiger partial charge in [0, 0.05) is 24.7 Å². The van der Waals surface area contributed by atoms with Gasteiger partial charge in [0.15, 0.2) is 0 Å². The Kier molecular flexibility index (Phi) is 4.39. The molecule has 0 fully saturated rings. The number of carboxylic acid groups (broad SMARTS) is 1. The zero-order chi connectivity index (χ0) is 14.7. The summed E-state index contributed by atoms with van der Waals surface area (Å²) in [6.45, 7) is 2.57. The smallest absolute Gasteiger partial charge is 0.335 e. The van der Waals surface area contributed by atoms with Crippen molar-refractivity contribution in [1.82, 2.24) is 0 Å². The molecular formula is C15H20N2O3. The minimum absolute atomic E-state index is 0.0903. The van der Waals surface area contributed by atoms with Crippen LogP contribution >= 0.6 is 0 Å². The van der Waals surface area contributed by atoms with Crippen LogP contribution in [0.1, 0.15) is 42.1 Å². The number of rotatable bonds is 5. The lowest BCUT2D eigenvalue weighted by Gasteiger charge is -2.17. The molecule has 1 heterocycles. The van der Waals surface area contributed by atoms with Gasteiger partial charge in [-0.15, -0.1) is 0 Å². The molecule has 1 atom stereocenters. The summed E-state index contributed by atoms with van der Waals surface area (Å²) in [5.41, 5.74) is 7.73. The highest BCUT2D eigenvalue weighted by Gasteiger charge is 2.25. The maximum Gasteiger partial charge on any atom is 0.335 e. The molecule has 1 aliphatic heterocycles. The highest BCUT2D eigenvalue weighted by Crippen LogP contribution is 2.29. The Morgan fingerprint density at radius 3 is 2.85 bits per heavy atom. The minimum atomic E-state index is -0.936. The van der Waals surface area contributed by atoms with Crippen LogP contribution in [0.2, 0.25) is 0 Å². The van der Waals surface area contributed by atoms with E-state index in [1.165, 1.54) is 0 Å². The summed E-state index contributed by atoms with van der Waals surface area (Å²) >= 11 is 0. The molecule has 1 unspecified atom stereocenters. The van der Waals surface area contributed by atoms with Crippen molar-refractivity contribution in [1.29, 1.82) is 0 Å². The molecule has 20 heavy (non-hydrogen) atoms. The Labute approximate surface area is 118 Å². The molecule has 1 amide bonds. The molecule has 0 radical (unpaired) electrons. The number of fused-ring (bicyclic) bond motifs is 1. The fraction of sp³-hybridized carbons (Fsp3) is 0.467. The molecule has 1 aromatic carbocycles. The maximum absolute atomic E-state index is 12.2. The molecule has 5 nitrogen and oxygen atoms in total. The number of nitrogens with two attached hydrogens (primary N) is 1. The van der Waals surface area contributed by atoms with Crippen molar-refractivity contribution < 1.29 is 14.7 Å². The number of nitrogens with zero attached hydrogens (tertiary/aromatic N) is 1. The molecule has 108 valence electrons. The summed E-state index contributed by atoms with van der Waals surface area (Å²) < 4.78 is 0. The highest BCUT2D eigenvalue weighted by molar-refractivity contribution is 5.96. The average molecular weight is 276 g/mol. The SMILES string of the molecule is CC(N)CCCC(=O)N1CCc2cc(C(=O)O)ccc21. The molecule has 1 aliphatic rings. The van der Waals surface area contributed by atoms with Gasteiger partial charge >= 0.3 is 5.97 Å². The molecule has 5 heteroatoms. The van der Waals surface area contributed by atoms with Gasteiger partial charge in [0.05, 0.1) is 5.56 Å². The van der Waals surface area contributed by atoms with E-state index >= 15 is 0 Å². The Hall–Kier alpha value is -1.88.